The summed E-state index contributed by atoms with van der Waals surface area (Å²) in [7, 11) is -1.81. The molecule has 0 amide bonds. The molecule has 0 radical (unpaired) electrons. The summed E-state index contributed by atoms with van der Waals surface area (Å²) < 4.78 is 26.8. The first-order valence-corrected chi connectivity index (χ1v) is 23.5. The van der Waals surface area contributed by atoms with Crippen molar-refractivity contribution in [2.45, 2.75) is 109 Å². The van der Waals surface area contributed by atoms with Crippen molar-refractivity contribution in [3.63, 3.8) is 0 Å². The van der Waals surface area contributed by atoms with Crippen LogP contribution in [0, 0.1) is 0 Å². The Bertz CT molecular complexity index is 2470. The van der Waals surface area contributed by atoms with Gasteiger partial charge < -0.3 is 0 Å². The molecule has 7 rings (SSSR count). The monoisotopic (exact) mass is 849 g/mol. The van der Waals surface area contributed by atoms with E-state index in [4.69, 9.17) is 21.6 Å². The molecule has 0 N–H and O–H groups in total. The maximum atomic E-state index is 12.8. The lowest BCUT2D eigenvalue weighted by molar-refractivity contribution is 0.614. The van der Waals surface area contributed by atoms with Crippen LogP contribution in [0.2, 0.25) is 5.28 Å². The van der Waals surface area contributed by atoms with E-state index >= 15 is 0 Å². The van der Waals surface area contributed by atoms with E-state index in [0.717, 1.165) is 77.0 Å². The maximum absolute atomic E-state index is 12.8. The summed E-state index contributed by atoms with van der Waals surface area (Å²) in [5, 5.41) is 5.65. The van der Waals surface area contributed by atoms with E-state index in [0.29, 0.717) is 17.3 Å². The van der Waals surface area contributed by atoms with E-state index in [1.165, 1.54) is 11.1 Å². The summed E-state index contributed by atoms with van der Waals surface area (Å²) in [6.07, 6.45) is 9.40. The zero-order valence-corrected chi connectivity index (χ0v) is 37.9. The van der Waals surface area contributed by atoms with Crippen molar-refractivity contribution in [3.8, 4) is 28.3 Å². The van der Waals surface area contributed by atoms with E-state index < -0.39 is 21.6 Å². The number of hydrogen-bond donors (Lipinski definition) is 0. The van der Waals surface area contributed by atoms with Crippen molar-refractivity contribution in [1.82, 2.24) is 29.7 Å². The molecule has 2 aromatic carbocycles. The van der Waals surface area contributed by atoms with E-state index in [-0.39, 0.29) is 26.6 Å². The van der Waals surface area contributed by atoms with Crippen molar-refractivity contribution < 1.29 is 8.42 Å². The van der Waals surface area contributed by atoms with Crippen LogP contribution in [0.5, 0.6) is 0 Å². The van der Waals surface area contributed by atoms with Crippen LogP contribution in [0.25, 0.3) is 39.2 Å². The van der Waals surface area contributed by atoms with Gasteiger partial charge in [-0.2, -0.15) is 10.1 Å². The lowest BCUT2D eigenvalue weighted by Gasteiger charge is -2.23. The zero-order chi connectivity index (χ0) is 42.3. The first-order chi connectivity index (χ1) is 28.1. The van der Waals surface area contributed by atoms with E-state index in [9.17, 15) is 8.42 Å². The highest BCUT2D eigenvalue weighted by Crippen LogP contribution is 2.31. The zero-order valence-electron chi connectivity index (χ0n) is 35.5. The van der Waals surface area contributed by atoms with Gasteiger partial charge in [0.1, 0.15) is 0 Å². The van der Waals surface area contributed by atoms with Crippen LogP contribution in [0.3, 0.4) is 0 Å². The van der Waals surface area contributed by atoms with Gasteiger partial charge in [-0.25, -0.2) is 9.67 Å². The third-order valence-corrected chi connectivity index (χ3v) is 14.7. The number of nitrogens with zero attached hydrogens (tertiary/aromatic N) is 7. The second kappa shape index (κ2) is 19.3. The summed E-state index contributed by atoms with van der Waals surface area (Å²) in [5.74, 6) is 2.29. The molecular formula is C47H56ClN7O2S2. The molecule has 1 aliphatic heterocycles. The lowest BCUT2D eigenvalue weighted by Crippen LogP contribution is -2.27. The highest BCUT2D eigenvalue weighted by atomic mass is 35.5. The molecule has 0 spiro atoms. The predicted molar refractivity (Wildman–Crippen MR) is 247 cm³/mol. The molecule has 59 heavy (non-hydrogen) atoms. The summed E-state index contributed by atoms with van der Waals surface area (Å²) in [6, 6.07) is 26.7. The van der Waals surface area contributed by atoms with Gasteiger partial charge in [0.2, 0.25) is 5.28 Å². The highest BCUT2D eigenvalue weighted by Gasteiger charge is 2.26. The molecule has 9 nitrogen and oxygen atoms in total. The Labute approximate surface area is 359 Å². The molecule has 0 unspecified atom stereocenters. The Morgan fingerprint density at radius 1 is 0.729 bits per heavy atom. The maximum Gasteiger partial charge on any atom is 0.224 e. The highest BCUT2D eigenvalue weighted by molar-refractivity contribution is 7.86. The Balaban J connectivity index is 0.000000204. The van der Waals surface area contributed by atoms with Gasteiger partial charge in [0.15, 0.2) is 5.82 Å². The van der Waals surface area contributed by atoms with Gasteiger partial charge in [0, 0.05) is 101 Å². The van der Waals surface area contributed by atoms with Gasteiger partial charge >= 0.3 is 0 Å². The van der Waals surface area contributed by atoms with Crippen LogP contribution in [0.1, 0.15) is 115 Å². The topological polar surface area (TPSA) is 116 Å². The molecule has 0 aliphatic carbocycles. The van der Waals surface area contributed by atoms with Gasteiger partial charge in [-0.05, 0) is 114 Å². The molecule has 0 bridgehead atoms. The number of rotatable bonds is 13. The first kappa shape index (κ1) is 44.1. The second-order valence-corrected chi connectivity index (χ2v) is 21.8. The molecule has 1 aliphatic rings. The van der Waals surface area contributed by atoms with Crippen LogP contribution >= 0.6 is 11.6 Å². The van der Waals surface area contributed by atoms with Crippen LogP contribution in [0.15, 0.2) is 96.2 Å². The molecule has 4 aromatic heterocycles. The van der Waals surface area contributed by atoms with Gasteiger partial charge in [0.05, 0.1) is 29.6 Å². The van der Waals surface area contributed by atoms with E-state index in [2.05, 4.69) is 88.5 Å². The number of fused-ring (bicyclic) bond motifs is 2. The minimum Gasteiger partial charge on any atom is -0.288 e. The first-order valence-electron chi connectivity index (χ1n) is 20.5. The molecular weight excluding hydrogens is 794 g/mol. The molecule has 4 atom stereocenters. The normalized spacial score (nSPS) is 14.7. The van der Waals surface area contributed by atoms with Crippen molar-refractivity contribution in [1.29, 1.82) is 0 Å². The van der Waals surface area contributed by atoms with Crippen LogP contribution in [-0.2, 0) is 28.1 Å². The molecule has 0 saturated heterocycles. The molecule has 5 heterocycles. The summed E-state index contributed by atoms with van der Waals surface area (Å²) >= 11 is 5.98. The van der Waals surface area contributed by atoms with Gasteiger partial charge in [0.25, 0.3) is 0 Å². The number of halogens is 1. The summed E-state index contributed by atoms with van der Waals surface area (Å²) in [4.78, 5) is 22.5. The van der Waals surface area contributed by atoms with Crippen molar-refractivity contribution in [2.24, 2.45) is 4.99 Å². The molecule has 0 saturated carbocycles. The smallest absolute Gasteiger partial charge is 0.224 e. The van der Waals surface area contributed by atoms with Crippen LogP contribution in [-0.4, -0.2) is 65.3 Å². The fourth-order valence-corrected chi connectivity index (χ4v) is 9.50. The van der Waals surface area contributed by atoms with Crippen molar-refractivity contribution in [3.05, 3.63) is 119 Å². The number of benzene rings is 2. The molecule has 0 fully saturated rings. The van der Waals surface area contributed by atoms with Gasteiger partial charge in [-0.15, -0.1) is 0 Å². The van der Waals surface area contributed by atoms with Gasteiger partial charge in [-0.3, -0.25) is 23.4 Å². The molecule has 310 valence electrons. The third-order valence-electron chi connectivity index (χ3n) is 10.3. The summed E-state index contributed by atoms with van der Waals surface area (Å²) in [6.45, 7) is 17.3. The fraction of sp³-hybridized carbons (Fsp3) is 0.404. The number of aromatic nitrogens is 6. The average Bonchev–Trinajstić information content (AvgIpc) is 3.87. The van der Waals surface area contributed by atoms with Crippen molar-refractivity contribution in [2.75, 3.05) is 11.5 Å². The van der Waals surface area contributed by atoms with Crippen LogP contribution in [0.4, 0.5) is 0 Å². The Hall–Kier alpha value is -4.45. The second-order valence-electron chi connectivity index (χ2n) is 17.0. The van der Waals surface area contributed by atoms with Crippen molar-refractivity contribution >= 4 is 50.3 Å². The largest absolute Gasteiger partial charge is 0.288 e. The Morgan fingerprint density at radius 3 is 1.86 bits per heavy atom. The van der Waals surface area contributed by atoms with E-state index in [1.54, 1.807) is 23.1 Å². The number of hydrogen-bond acceptors (Lipinski definition) is 8. The van der Waals surface area contributed by atoms with E-state index in [1.807, 2.05) is 66.0 Å². The Kier molecular flexibility index (Phi) is 14.4. The SMILES string of the molecule is CCC[C@H](C[S@](=O)C(C)(C)C)c1cccc(-c2ccc3c(c2)CN=C3)n1.CCC[C@H](C[S@](=O)C(C)(C)C)c1cccc(-c2ccc3cnn(-c4ccnc(Cl)n4)c3c2)n1. The minimum atomic E-state index is -0.934. The molecule has 12 heteroatoms. The quantitative estimate of drug-likeness (QED) is 0.106. The van der Waals surface area contributed by atoms with Gasteiger partial charge in [-0.1, -0.05) is 63.1 Å². The summed E-state index contributed by atoms with van der Waals surface area (Å²) in [5.41, 5.74) is 9.39. The van der Waals surface area contributed by atoms with Crippen LogP contribution < -0.4 is 0 Å². The lowest BCUT2D eigenvalue weighted by atomic mass is 9.99. The standard InChI is InChI=1S/C25H28ClN5OS.C22H28N2OS/c1-5-7-19(16-33(32)25(2,3)4)21-9-6-8-20(29-21)17-10-11-18-15-28-31(22(18)14-17)23-12-13-27-24(26)30-23;1-5-7-18(15-26(25)22(2,3)4)21-9-6-8-20(24-21)16-10-11-17-13-23-14-19(17)12-16/h6,8-15,19H,5,7,16H2,1-4H3;6,8-13,18H,5,7,14-15H2,1-4H3/t19-,33+;18-,26+/m11/s1. The fourth-order valence-electron chi connectivity index (χ4n) is 6.95. The Morgan fingerprint density at radius 2 is 1.31 bits per heavy atom. The third kappa shape index (κ3) is 11.2. The minimum absolute atomic E-state index is 0.160. The number of pyridine rings is 2. The number of aliphatic imine (C=N–C) groups is 1. The predicted octanol–water partition coefficient (Wildman–Crippen LogP) is 11.1. The molecule has 6 aromatic rings. The average molecular weight is 851 g/mol.